The number of carbonyl (C=O) groups is 1. The Balaban J connectivity index is 2.52. The molecule has 56 valence electrons. The topological polar surface area (TPSA) is 20.3 Å². The van der Waals surface area contributed by atoms with Gasteiger partial charge in [0.2, 0.25) is 5.24 Å². The van der Waals surface area contributed by atoms with Crippen LogP contribution < -0.4 is 0 Å². The molecule has 1 aliphatic rings. The van der Waals surface area contributed by atoms with Crippen LogP contribution in [0.15, 0.2) is 12.3 Å². The van der Waals surface area contributed by atoms with Gasteiger partial charge in [-0.25, -0.2) is 0 Å². The second-order valence-corrected chi connectivity index (χ2v) is 2.93. The quantitative estimate of drug-likeness (QED) is 0.537. The van der Waals surface area contributed by atoms with Crippen molar-refractivity contribution in [1.82, 2.24) is 4.90 Å². The molecule has 0 amide bonds. The minimum atomic E-state index is -0.226. The summed E-state index contributed by atoms with van der Waals surface area (Å²) in [7, 11) is 1.93. The lowest BCUT2D eigenvalue weighted by Gasteiger charge is -2.23. The normalized spacial score (nSPS) is 25.0. The molecule has 0 spiro atoms. The maximum absolute atomic E-state index is 10.6. The molecular weight excluding hydrogens is 150 g/mol. The van der Waals surface area contributed by atoms with E-state index in [0.717, 1.165) is 13.0 Å². The predicted octanol–water partition coefficient (Wildman–Crippen LogP) is 1.22. The Morgan fingerprint density at radius 3 is 2.90 bits per heavy atom. The Kier molecular flexibility index (Phi) is 2.33. The van der Waals surface area contributed by atoms with Crippen molar-refractivity contribution in [3.8, 4) is 0 Å². The molecule has 0 aromatic rings. The smallest absolute Gasteiger partial charge is 0.226 e. The van der Waals surface area contributed by atoms with Gasteiger partial charge in [-0.2, -0.15) is 0 Å². The van der Waals surface area contributed by atoms with Gasteiger partial charge < -0.3 is 4.90 Å². The fourth-order valence-electron chi connectivity index (χ4n) is 1.05. The molecule has 1 rings (SSSR count). The fourth-order valence-corrected chi connectivity index (χ4v) is 1.21. The summed E-state index contributed by atoms with van der Waals surface area (Å²) in [6, 6.07) is 0. The summed E-state index contributed by atoms with van der Waals surface area (Å²) in [4.78, 5) is 12.6. The summed E-state index contributed by atoms with van der Waals surface area (Å²) in [6.07, 6.45) is 4.72. The van der Waals surface area contributed by atoms with Crippen LogP contribution in [0.2, 0.25) is 0 Å². The van der Waals surface area contributed by atoms with Crippen LogP contribution in [0.25, 0.3) is 0 Å². The molecule has 0 bridgehead atoms. The molecule has 1 atom stereocenters. The Morgan fingerprint density at radius 1 is 1.80 bits per heavy atom. The van der Waals surface area contributed by atoms with Gasteiger partial charge in [-0.05, 0) is 24.2 Å². The zero-order chi connectivity index (χ0) is 7.56. The van der Waals surface area contributed by atoms with E-state index in [1.165, 1.54) is 0 Å². The highest BCUT2D eigenvalue weighted by Gasteiger charge is 2.18. The first-order chi connectivity index (χ1) is 4.70. The molecule has 0 saturated carbocycles. The van der Waals surface area contributed by atoms with E-state index in [2.05, 4.69) is 0 Å². The summed E-state index contributed by atoms with van der Waals surface area (Å²) in [5.74, 6) is -0.00309. The Hall–Kier alpha value is -0.500. The number of halogens is 1. The van der Waals surface area contributed by atoms with Gasteiger partial charge in [0.15, 0.2) is 0 Å². The highest BCUT2D eigenvalue weighted by Crippen LogP contribution is 2.14. The highest BCUT2D eigenvalue weighted by atomic mass is 35.5. The average Bonchev–Trinajstić information content (AvgIpc) is 1.88. The molecule has 0 aromatic heterocycles. The van der Waals surface area contributed by atoms with E-state index in [9.17, 15) is 4.79 Å². The van der Waals surface area contributed by atoms with E-state index in [0.29, 0.717) is 0 Å². The lowest BCUT2D eigenvalue weighted by Crippen LogP contribution is -2.27. The molecule has 0 fully saturated rings. The molecule has 0 radical (unpaired) electrons. The Labute approximate surface area is 65.5 Å². The SMILES string of the molecule is CN1C=CCC(C(=O)Cl)C1. The molecule has 2 nitrogen and oxygen atoms in total. The molecule has 0 saturated heterocycles. The lowest BCUT2D eigenvalue weighted by atomic mass is 10.0. The second kappa shape index (κ2) is 3.06. The second-order valence-electron chi connectivity index (χ2n) is 2.56. The zero-order valence-electron chi connectivity index (χ0n) is 5.88. The van der Waals surface area contributed by atoms with Crippen LogP contribution in [0.1, 0.15) is 6.42 Å². The van der Waals surface area contributed by atoms with Crippen molar-refractivity contribution >= 4 is 16.8 Å². The van der Waals surface area contributed by atoms with Crippen LogP contribution in [-0.2, 0) is 4.79 Å². The number of rotatable bonds is 1. The van der Waals surface area contributed by atoms with Crippen molar-refractivity contribution in [2.75, 3.05) is 13.6 Å². The van der Waals surface area contributed by atoms with Crippen LogP contribution in [0.4, 0.5) is 0 Å². The van der Waals surface area contributed by atoms with Gasteiger partial charge >= 0.3 is 0 Å². The average molecular weight is 160 g/mol. The first kappa shape index (κ1) is 7.61. The molecular formula is C7H10ClNO. The van der Waals surface area contributed by atoms with Crippen LogP contribution in [0, 0.1) is 5.92 Å². The van der Waals surface area contributed by atoms with Crippen molar-refractivity contribution in [1.29, 1.82) is 0 Å². The number of nitrogens with zero attached hydrogens (tertiary/aromatic N) is 1. The van der Waals surface area contributed by atoms with Crippen LogP contribution >= 0.6 is 11.6 Å². The third kappa shape index (κ3) is 1.74. The van der Waals surface area contributed by atoms with Gasteiger partial charge in [-0.3, -0.25) is 4.79 Å². The minimum absolute atomic E-state index is 0.00309. The highest BCUT2D eigenvalue weighted by molar-refractivity contribution is 6.64. The van der Waals surface area contributed by atoms with Gasteiger partial charge in [0.05, 0.1) is 5.92 Å². The largest absolute Gasteiger partial charge is 0.380 e. The number of allylic oxidation sites excluding steroid dienone is 1. The maximum atomic E-state index is 10.6. The molecule has 10 heavy (non-hydrogen) atoms. The van der Waals surface area contributed by atoms with Gasteiger partial charge in [0.25, 0.3) is 0 Å². The van der Waals surface area contributed by atoms with Crippen molar-refractivity contribution in [2.45, 2.75) is 6.42 Å². The van der Waals surface area contributed by atoms with E-state index >= 15 is 0 Å². The van der Waals surface area contributed by atoms with Gasteiger partial charge in [0.1, 0.15) is 0 Å². The Bertz CT molecular complexity index is 167. The van der Waals surface area contributed by atoms with Crippen molar-refractivity contribution in [2.24, 2.45) is 5.92 Å². The molecule has 1 aliphatic heterocycles. The third-order valence-electron chi connectivity index (χ3n) is 1.61. The van der Waals surface area contributed by atoms with Gasteiger partial charge in [-0.1, -0.05) is 6.08 Å². The van der Waals surface area contributed by atoms with Crippen LogP contribution in [0.5, 0.6) is 0 Å². The predicted molar refractivity (Wildman–Crippen MR) is 40.7 cm³/mol. The standard InChI is InChI=1S/C7H10ClNO/c1-9-4-2-3-6(5-9)7(8)10/h2,4,6H,3,5H2,1H3. The first-order valence-electron chi connectivity index (χ1n) is 3.26. The summed E-state index contributed by atoms with van der Waals surface area (Å²) < 4.78 is 0. The molecule has 1 heterocycles. The number of hydrogen-bond acceptors (Lipinski definition) is 2. The third-order valence-corrected chi connectivity index (χ3v) is 1.92. The molecule has 0 aromatic carbocycles. The van der Waals surface area contributed by atoms with Crippen molar-refractivity contribution in [3.63, 3.8) is 0 Å². The number of hydrogen-bond donors (Lipinski definition) is 0. The summed E-state index contributed by atoms with van der Waals surface area (Å²) in [5, 5.41) is -0.226. The van der Waals surface area contributed by atoms with Crippen molar-refractivity contribution < 1.29 is 4.79 Å². The summed E-state index contributed by atoms with van der Waals surface area (Å²) in [6.45, 7) is 0.749. The first-order valence-corrected chi connectivity index (χ1v) is 3.64. The van der Waals surface area contributed by atoms with E-state index in [1.54, 1.807) is 0 Å². The minimum Gasteiger partial charge on any atom is -0.380 e. The van der Waals surface area contributed by atoms with Crippen LogP contribution in [-0.4, -0.2) is 23.7 Å². The van der Waals surface area contributed by atoms with Gasteiger partial charge in [-0.15, -0.1) is 0 Å². The molecule has 1 unspecified atom stereocenters. The van der Waals surface area contributed by atoms with E-state index in [-0.39, 0.29) is 11.2 Å². The molecule has 0 N–H and O–H groups in total. The van der Waals surface area contributed by atoms with E-state index in [4.69, 9.17) is 11.6 Å². The van der Waals surface area contributed by atoms with Gasteiger partial charge in [0, 0.05) is 13.6 Å². The Morgan fingerprint density at radius 2 is 2.50 bits per heavy atom. The maximum Gasteiger partial charge on any atom is 0.226 e. The molecule has 3 heteroatoms. The fraction of sp³-hybridized carbons (Fsp3) is 0.571. The van der Waals surface area contributed by atoms with Crippen molar-refractivity contribution in [3.05, 3.63) is 12.3 Å². The lowest BCUT2D eigenvalue weighted by molar-refractivity contribution is -0.115. The molecule has 0 aliphatic carbocycles. The van der Waals surface area contributed by atoms with E-state index in [1.807, 2.05) is 24.2 Å². The van der Waals surface area contributed by atoms with Crippen LogP contribution in [0.3, 0.4) is 0 Å². The van der Waals surface area contributed by atoms with E-state index < -0.39 is 0 Å². The monoisotopic (exact) mass is 159 g/mol. The summed E-state index contributed by atoms with van der Waals surface area (Å²) >= 11 is 5.32. The zero-order valence-corrected chi connectivity index (χ0v) is 6.64. The summed E-state index contributed by atoms with van der Waals surface area (Å²) in [5.41, 5.74) is 0. The number of carbonyl (C=O) groups excluding carboxylic acids is 1.